The Kier molecular flexibility index (Phi) is 4.22. The number of rotatable bonds is 3. The molecule has 0 atom stereocenters. The van der Waals surface area contributed by atoms with Gasteiger partial charge in [-0.2, -0.15) is 0 Å². The zero-order chi connectivity index (χ0) is 20.8. The van der Waals surface area contributed by atoms with Crippen molar-refractivity contribution < 1.29 is 18.8 Å². The van der Waals surface area contributed by atoms with E-state index >= 15 is 0 Å². The smallest absolute Gasteiger partial charge is 0.260 e. The molecule has 6 nitrogen and oxygen atoms in total. The van der Waals surface area contributed by atoms with E-state index in [0.717, 1.165) is 22.5 Å². The molecular formula is C23H15ClN2O4. The van der Waals surface area contributed by atoms with Crippen LogP contribution in [0.2, 0.25) is 5.02 Å². The van der Waals surface area contributed by atoms with Gasteiger partial charge in [0.05, 0.1) is 28.2 Å². The molecule has 1 aliphatic heterocycles. The van der Waals surface area contributed by atoms with Gasteiger partial charge in [-0.1, -0.05) is 41.0 Å². The van der Waals surface area contributed by atoms with E-state index < -0.39 is 5.91 Å². The van der Waals surface area contributed by atoms with Gasteiger partial charge in [-0.05, 0) is 36.8 Å². The second-order valence-corrected chi connectivity index (χ2v) is 7.35. The van der Waals surface area contributed by atoms with Crippen LogP contribution < -0.4 is 5.32 Å². The molecule has 0 bridgehead atoms. The van der Waals surface area contributed by atoms with Crippen molar-refractivity contribution in [3.05, 3.63) is 82.9 Å². The first-order chi connectivity index (χ1) is 14.5. The van der Waals surface area contributed by atoms with Crippen LogP contribution >= 0.6 is 11.6 Å². The van der Waals surface area contributed by atoms with E-state index in [1.807, 2.05) is 36.4 Å². The topological polar surface area (TPSA) is 88.5 Å². The van der Waals surface area contributed by atoms with Gasteiger partial charge >= 0.3 is 0 Å². The minimum absolute atomic E-state index is 0.117. The Morgan fingerprint density at radius 3 is 2.50 bits per heavy atom. The number of aliphatic hydroxyl groups is 1. The number of amides is 1. The van der Waals surface area contributed by atoms with Crippen molar-refractivity contribution in [3.8, 4) is 22.5 Å². The van der Waals surface area contributed by atoms with Gasteiger partial charge in [0, 0.05) is 22.8 Å². The molecule has 2 aromatic heterocycles. The van der Waals surface area contributed by atoms with Crippen LogP contribution in [0.5, 0.6) is 0 Å². The van der Waals surface area contributed by atoms with Crippen molar-refractivity contribution in [2.75, 3.05) is 5.32 Å². The van der Waals surface area contributed by atoms with E-state index in [9.17, 15) is 9.90 Å². The quantitative estimate of drug-likeness (QED) is 0.317. The molecule has 0 radical (unpaired) electrons. The summed E-state index contributed by atoms with van der Waals surface area (Å²) in [7, 11) is 0. The fourth-order valence-corrected chi connectivity index (χ4v) is 3.77. The van der Waals surface area contributed by atoms with Crippen LogP contribution in [0.1, 0.15) is 17.0 Å². The Balaban J connectivity index is 1.60. The maximum Gasteiger partial charge on any atom is 0.260 e. The zero-order valence-electron chi connectivity index (χ0n) is 15.8. The Morgan fingerprint density at radius 2 is 1.83 bits per heavy atom. The average Bonchev–Trinajstić information content (AvgIpc) is 3.47. The van der Waals surface area contributed by atoms with Crippen molar-refractivity contribution >= 4 is 34.5 Å². The number of hydrogen-bond acceptors (Lipinski definition) is 5. The van der Waals surface area contributed by atoms with Crippen molar-refractivity contribution in [2.24, 2.45) is 0 Å². The molecule has 0 aliphatic carbocycles. The van der Waals surface area contributed by atoms with Crippen molar-refractivity contribution in [1.29, 1.82) is 0 Å². The number of carbonyl (C=O) groups excluding carboxylic acids is 1. The van der Waals surface area contributed by atoms with Crippen LogP contribution in [0, 0.1) is 6.92 Å². The SMILES string of the molecule is Cc1cc(/C(O)=C2\C(=O)Nc3cc(Cl)c(-c4ccc(-c5ccco5)cc4)cc32)on1. The Hall–Kier alpha value is -3.77. The first-order valence-electron chi connectivity index (χ1n) is 9.18. The fraction of sp³-hybridized carbons (Fsp3) is 0.0435. The number of aromatic nitrogens is 1. The summed E-state index contributed by atoms with van der Waals surface area (Å²) in [5.74, 6) is 0.199. The highest BCUT2D eigenvalue weighted by atomic mass is 35.5. The summed E-state index contributed by atoms with van der Waals surface area (Å²) in [6.45, 7) is 1.73. The van der Waals surface area contributed by atoms with Crippen molar-refractivity contribution in [1.82, 2.24) is 5.16 Å². The van der Waals surface area contributed by atoms with Crippen LogP contribution in [-0.4, -0.2) is 16.2 Å². The Morgan fingerprint density at radius 1 is 1.07 bits per heavy atom. The average molecular weight is 419 g/mol. The second-order valence-electron chi connectivity index (χ2n) is 6.94. The van der Waals surface area contributed by atoms with E-state index in [1.165, 1.54) is 0 Å². The molecule has 2 aromatic carbocycles. The van der Waals surface area contributed by atoms with Gasteiger partial charge in [-0.15, -0.1) is 0 Å². The zero-order valence-corrected chi connectivity index (χ0v) is 16.5. The van der Waals surface area contributed by atoms with Gasteiger partial charge in [0.15, 0.2) is 5.76 Å². The summed E-state index contributed by atoms with van der Waals surface area (Å²) in [6, 6.07) is 16.5. The predicted octanol–water partition coefficient (Wildman–Crippen LogP) is 5.94. The molecule has 0 saturated carbocycles. The summed E-state index contributed by atoms with van der Waals surface area (Å²) < 4.78 is 10.5. The largest absolute Gasteiger partial charge is 0.504 e. The highest BCUT2D eigenvalue weighted by molar-refractivity contribution is 6.38. The number of halogens is 1. The third kappa shape index (κ3) is 2.98. The molecule has 30 heavy (non-hydrogen) atoms. The molecular weight excluding hydrogens is 404 g/mol. The lowest BCUT2D eigenvalue weighted by molar-refractivity contribution is -0.110. The number of benzene rings is 2. The number of hydrogen-bond donors (Lipinski definition) is 2. The van der Waals surface area contributed by atoms with E-state index in [0.29, 0.717) is 22.0 Å². The first kappa shape index (κ1) is 18.3. The number of aryl methyl sites for hydroxylation is 1. The van der Waals surface area contributed by atoms with Gasteiger partial charge in [-0.3, -0.25) is 4.79 Å². The molecule has 3 heterocycles. The van der Waals surface area contributed by atoms with Crippen LogP contribution in [0.25, 0.3) is 33.8 Å². The van der Waals surface area contributed by atoms with Crippen molar-refractivity contribution in [3.63, 3.8) is 0 Å². The fourth-order valence-electron chi connectivity index (χ4n) is 3.50. The lowest BCUT2D eigenvalue weighted by Gasteiger charge is -2.09. The number of nitrogens with zero attached hydrogens (tertiary/aromatic N) is 1. The molecule has 1 amide bonds. The molecule has 7 heteroatoms. The number of anilines is 1. The third-order valence-electron chi connectivity index (χ3n) is 4.95. The standard InChI is InChI=1S/C23H15ClN2O4/c1-12-9-20(30-26-12)22(27)21-16-10-15(17(24)11-18(16)25-23(21)28)13-4-6-14(7-5-13)19-3-2-8-29-19/h2-11,27H,1H3,(H,25,28)/b22-21+. The van der Waals surface area contributed by atoms with Crippen LogP contribution in [0.3, 0.4) is 0 Å². The number of nitrogens with one attached hydrogen (secondary N) is 1. The third-order valence-corrected chi connectivity index (χ3v) is 5.26. The van der Waals surface area contributed by atoms with Gasteiger partial charge in [-0.25, -0.2) is 0 Å². The summed E-state index contributed by atoms with van der Waals surface area (Å²) in [6.07, 6.45) is 1.63. The minimum atomic E-state index is -0.432. The molecule has 0 unspecified atom stereocenters. The normalized spacial score (nSPS) is 14.5. The van der Waals surface area contributed by atoms with Gasteiger partial charge < -0.3 is 19.4 Å². The molecule has 1 aliphatic rings. The monoisotopic (exact) mass is 418 g/mol. The van der Waals surface area contributed by atoms with E-state index in [-0.39, 0.29) is 17.1 Å². The Labute approximate surface area is 176 Å². The molecule has 0 saturated heterocycles. The van der Waals surface area contributed by atoms with E-state index in [2.05, 4.69) is 10.5 Å². The second kappa shape index (κ2) is 6.93. The summed E-state index contributed by atoms with van der Waals surface area (Å²) in [4.78, 5) is 12.5. The molecule has 5 rings (SSSR count). The molecule has 0 fully saturated rings. The summed E-state index contributed by atoms with van der Waals surface area (Å²) >= 11 is 6.50. The van der Waals surface area contributed by atoms with Crippen LogP contribution in [0.4, 0.5) is 5.69 Å². The van der Waals surface area contributed by atoms with Gasteiger partial charge in [0.1, 0.15) is 5.76 Å². The molecule has 2 N–H and O–H groups in total. The van der Waals surface area contributed by atoms with Crippen molar-refractivity contribution in [2.45, 2.75) is 6.92 Å². The highest BCUT2D eigenvalue weighted by Gasteiger charge is 2.31. The number of aliphatic hydroxyl groups excluding tert-OH is 1. The summed E-state index contributed by atoms with van der Waals surface area (Å²) in [5, 5.41) is 17.7. The van der Waals surface area contributed by atoms with E-state index in [1.54, 1.807) is 31.4 Å². The lowest BCUT2D eigenvalue weighted by atomic mass is 9.97. The molecule has 148 valence electrons. The highest BCUT2D eigenvalue weighted by Crippen LogP contribution is 2.42. The van der Waals surface area contributed by atoms with Crippen LogP contribution in [0.15, 0.2) is 69.8 Å². The molecule has 4 aromatic rings. The first-order valence-corrected chi connectivity index (χ1v) is 9.55. The van der Waals surface area contributed by atoms with Crippen LogP contribution in [-0.2, 0) is 4.79 Å². The number of carbonyl (C=O) groups is 1. The maximum absolute atomic E-state index is 12.5. The van der Waals surface area contributed by atoms with E-state index in [4.69, 9.17) is 20.5 Å². The van der Waals surface area contributed by atoms with Gasteiger partial charge in [0.25, 0.3) is 5.91 Å². The predicted molar refractivity (Wildman–Crippen MR) is 114 cm³/mol. The number of fused-ring (bicyclic) bond motifs is 1. The lowest BCUT2D eigenvalue weighted by Crippen LogP contribution is -2.05. The maximum atomic E-state index is 12.5. The van der Waals surface area contributed by atoms with Gasteiger partial charge in [0.2, 0.25) is 5.76 Å². The minimum Gasteiger partial charge on any atom is -0.504 e. The molecule has 0 spiro atoms. The Bertz CT molecular complexity index is 1300. The number of furan rings is 1. The summed E-state index contributed by atoms with van der Waals surface area (Å²) in [5.41, 5.74) is 4.33.